The molecule has 2 N–H and O–H groups in total. The number of H-pyrrole nitrogens is 1. The lowest BCUT2D eigenvalue weighted by Crippen LogP contribution is -2.14. The molecular formula is C15H12FN3OS. The van der Waals surface area contributed by atoms with Crippen molar-refractivity contribution in [1.82, 2.24) is 9.97 Å². The second-order valence-corrected chi connectivity index (χ2v) is 5.37. The molecule has 0 atom stereocenters. The number of hydrogen-bond acceptors (Lipinski definition) is 3. The van der Waals surface area contributed by atoms with Crippen molar-refractivity contribution < 1.29 is 9.18 Å². The van der Waals surface area contributed by atoms with Crippen LogP contribution in [0.25, 0.3) is 11.0 Å². The number of carbonyl (C=O) groups is 1. The number of hydrogen-bond donors (Lipinski definition) is 2. The second kappa shape index (κ2) is 5.97. The van der Waals surface area contributed by atoms with Gasteiger partial charge in [-0.2, -0.15) is 0 Å². The Bertz CT molecular complexity index is 754. The normalized spacial score (nSPS) is 10.7. The molecule has 0 radical (unpaired) electrons. The quantitative estimate of drug-likeness (QED) is 0.726. The van der Waals surface area contributed by atoms with Gasteiger partial charge in [0, 0.05) is 5.69 Å². The maximum atomic E-state index is 13.0. The minimum Gasteiger partial charge on any atom is -0.333 e. The molecule has 3 aromatic rings. The van der Waals surface area contributed by atoms with Crippen molar-refractivity contribution in [1.29, 1.82) is 0 Å². The second-order valence-electron chi connectivity index (χ2n) is 4.41. The molecule has 21 heavy (non-hydrogen) atoms. The van der Waals surface area contributed by atoms with Crippen molar-refractivity contribution in [3.63, 3.8) is 0 Å². The van der Waals surface area contributed by atoms with Crippen LogP contribution in [0, 0.1) is 5.82 Å². The standard InChI is InChI=1S/C15H12FN3OS/c16-10-4-3-5-11(8-10)17-14(20)9-21-15-18-12-6-1-2-7-13(12)19-15/h1-8H,9H2,(H,17,20)(H,18,19). The van der Waals surface area contributed by atoms with E-state index in [1.165, 1.54) is 23.9 Å². The number of imidazole rings is 1. The number of carbonyl (C=O) groups excluding carboxylic acids is 1. The van der Waals surface area contributed by atoms with Gasteiger partial charge >= 0.3 is 0 Å². The maximum Gasteiger partial charge on any atom is 0.234 e. The molecule has 0 spiro atoms. The van der Waals surface area contributed by atoms with Gasteiger partial charge in [0.05, 0.1) is 16.8 Å². The van der Waals surface area contributed by atoms with E-state index in [0.717, 1.165) is 11.0 Å². The Morgan fingerprint density at radius 2 is 2.10 bits per heavy atom. The van der Waals surface area contributed by atoms with Crippen molar-refractivity contribution in [2.75, 3.05) is 11.1 Å². The van der Waals surface area contributed by atoms with Crippen molar-refractivity contribution in [3.05, 3.63) is 54.3 Å². The number of fused-ring (bicyclic) bond motifs is 1. The van der Waals surface area contributed by atoms with Gasteiger partial charge in [-0.15, -0.1) is 0 Å². The number of amides is 1. The van der Waals surface area contributed by atoms with Gasteiger partial charge in [0.1, 0.15) is 5.82 Å². The molecule has 0 bridgehead atoms. The SMILES string of the molecule is O=C(CSc1nc2ccccc2[nH]1)Nc1cccc(F)c1. The first-order valence-corrected chi connectivity index (χ1v) is 7.32. The van der Waals surface area contributed by atoms with Crippen LogP contribution in [0.4, 0.5) is 10.1 Å². The Hall–Kier alpha value is -2.34. The van der Waals surface area contributed by atoms with Gasteiger partial charge < -0.3 is 10.3 Å². The summed E-state index contributed by atoms with van der Waals surface area (Å²) in [6.07, 6.45) is 0. The number of aromatic amines is 1. The molecule has 0 saturated heterocycles. The summed E-state index contributed by atoms with van der Waals surface area (Å²) in [5, 5.41) is 3.33. The first-order valence-electron chi connectivity index (χ1n) is 6.34. The van der Waals surface area contributed by atoms with Crippen LogP contribution in [0.15, 0.2) is 53.7 Å². The molecule has 4 nitrogen and oxygen atoms in total. The molecule has 0 fully saturated rings. The third kappa shape index (κ3) is 3.41. The van der Waals surface area contributed by atoms with Crippen LogP contribution in [-0.4, -0.2) is 21.6 Å². The number of rotatable bonds is 4. The van der Waals surface area contributed by atoms with Crippen molar-refractivity contribution in [2.24, 2.45) is 0 Å². The number of benzene rings is 2. The summed E-state index contributed by atoms with van der Waals surface area (Å²) < 4.78 is 13.0. The fourth-order valence-electron chi connectivity index (χ4n) is 1.89. The van der Waals surface area contributed by atoms with Gasteiger partial charge in [0.25, 0.3) is 0 Å². The largest absolute Gasteiger partial charge is 0.333 e. The molecule has 6 heteroatoms. The van der Waals surface area contributed by atoms with Crippen LogP contribution < -0.4 is 5.32 Å². The highest BCUT2D eigenvalue weighted by atomic mass is 32.2. The van der Waals surface area contributed by atoms with Gasteiger partial charge in [-0.3, -0.25) is 4.79 Å². The Balaban J connectivity index is 1.60. The maximum absolute atomic E-state index is 13.0. The first kappa shape index (κ1) is 13.6. The average Bonchev–Trinajstić information content (AvgIpc) is 2.88. The lowest BCUT2D eigenvalue weighted by atomic mass is 10.3. The van der Waals surface area contributed by atoms with Crippen LogP contribution in [0.3, 0.4) is 0 Å². The van der Waals surface area contributed by atoms with E-state index in [1.54, 1.807) is 12.1 Å². The highest BCUT2D eigenvalue weighted by Crippen LogP contribution is 2.19. The Morgan fingerprint density at radius 3 is 2.90 bits per heavy atom. The van der Waals surface area contributed by atoms with E-state index in [4.69, 9.17) is 0 Å². The topological polar surface area (TPSA) is 57.8 Å². The predicted octanol–water partition coefficient (Wildman–Crippen LogP) is 3.43. The van der Waals surface area contributed by atoms with Crippen molar-refractivity contribution >= 4 is 34.4 Å². The molecule has 1 aromatic heterocycles. The summed E-state index contributed by atoms with van der Waals surface area (Å²) in [7, 11) is 0. The van der Waals surface area contributed by atoms with Gasteiger partial charge in [0.2, 0.25) is 5.91 Å². The Kier molecular flexibility index (Phi) is 3.87. The molecule has 0 aliphatic heterocycles. The van der Waals surface area contributed by atoms with Crippen LogP contribution >= 0.6 is 11.8 Å². The fraction of sp³-hybridized carbons (Fsp3) is 0.0667. The molecule has 2 aromatic carbocycles. The fourth-order valence-corrected chi connectivity index (χ4v) is 2.58. The van der Waals surface area contributed by atoms with E-state index in [1.807, 2.05) is 24.3 Å². The zero-order chi connectivity index (χ0) is 14.7. The predicted molar refractivity (Wildman–Crippen MR) is 81.8 cm³/mol. The van der Waals surface area contributed by atoms with Crippen LogP contribution in [0.1, 0.15) is 0 Å². The molecule has 0 unspecified atom stereocenters. The van der Waals surface area contributed by atoms with Gasteiger partial charge in [0.15, 0.2) is 5.16 Å². The highest BCUT2D eigenvalue weighted by Gasteiger charge is 2.07. The molecule has 106 valence electrons. The third-order valence-electron chi connectivity index (χ3n) is 2.82. The van der Waals surface area contributed by atoms with Gasteiger partial charge in [-0.1, -0.05) is 30.0 Å². The van der Waals surface area contributed by atoms with E-state index in [-0.39, 0.29) is 17.5 Å². The number of anilines is 1. The van der Waals surface area contributed by atoms with E-state index < -0.39 is 0 Å². The van der Waals surface area contributed by atoms with Crippen LogP contribution in [-0.2, 0) is 4.79 Å². The molecule has 0 aliphatic rings. The van der Waals surface area contributed by atoms with Gasteiger partial charge in [-0.05, 0) is 30.3 Å². The zero-order valence-corrected chi connectivity index (χ0v) is 11.8. The Morgan fingerprint density at radius 1 is 1.24 bits per heavy atom. The number of thioether (sulfide) groups is 1. The highest BCUT2D eigenvalue weighted by molar-refractivity contribution is 7.99. The average molecular weight is 301 g/mol. The minimum absolute atomic E-state index is 0.203. The number of nitrogens with zero attached hydrogens (tertiary/aromatic N) is 1. The van der Waals surface area contributed by atoms with Crippen molar-refractivity contribution in [2.45, 2.75) is 5.16 Å². The van der Waals surface area contributed by atoms with Gasteiger partial charge in [-0.25, -0.2) is 9.37 Å². The number of aromatic nitrogens is 2. The summed E-state index contributed by atoms with van der Waals surface area (Å²) in [6.45, 7) is 0. The summed E-state index contributed by atoms with van der Waals surface area (Å²) >= 11 is 1.31. The molecule has 3 rings (SSSR count). The summed E-state index contributed by atoms with van der Waals surface area (Å²) in [6, 6.07) is 13.5. The summed E-state index contributed by atoms with van der Waals surface area (Å²) in [5.74, 6) is -0.375. The minimum atomic E-state index is -0.377. The first-order chi connectivity index (χ1) is 10.2. The monoisotopic (exact) mass is 301 g/mol. The Labute approximate surface area is 124 Å². The molecule has 1 heterocycles. The van der Waals surface area contributed by atoms with Crippen LogP contribution in [0.5, 0.6) is 0 Å². The van der Waals surface area contributed by atoms with Crippen molar-refractivity contribution in [3.8, 4) is 0 Å². The lowest BCUT2D eigenvalue weighted by molar-refractivity contribution is -0.113. The number of nitrogens with one attached hydrogen (secondary N) is 2. The molecular weight excluding hydrogens is 289 g/mol. The van der Waals surface area contributed by atoms with E-state index in [2.05, 4.69) is 15.3 Å². The molecule has 0 aliphatic carbocycles. The molecule has 0 saturated carbocycles. The summed E-state index contributed by atoms with van der Waals surface area (Å²) in [5.41, 5.74) is 2.25. The number of para-hydroxylation sites is 2. The third-order valence-corrected chi connectivity index (χ3v) is 3.69. The number of halogens is 1. The smallest absolute Gasteiger partial charge is 0.234 e. The molecule has 1 amide bonds. The van der Waals surface area contributed by atoms with E-state index in [9.17, 15) is 9.18 Å². The summed E-state index contributed by atoms with van der Waals surface area (Å²) in [4.78, 5) is 19.3. The lowest BCUT2D eigenvalue weighted by Gasteiger charge is -2.03. The van der Waals surface area contributed by atoms with E-state index in [0.29, 0.717) is 10.8 Å². The zero-order valence-electron chi connectivity index (χ0n) is 11.0. The van der Waals surface area contributed by atoms with Crippen LogP contribution in [0.2, 0.25) is 0 Å². The van der Waals surface area contributed by atoms with E-state index >= 15 is 0 Å².